The lowest BCUT2D eigenvalue weighted by molar-refractivity contribution is 0.149. The highest BCUT2D eigenvalue weighted by Gasteiger charge is 2.71. The fourth-order valence-electron chi connectivity index (χ4n) is 5.05. The van der Waals surface area contributed by atoms with Gasteiger partial charge in [0.25, 0.3) is 0 Å². The summed E-state index contributed by atoms with van der Waals surface area (Å²) in [4.78, 5) is 0. The van der Waals surface area contributed by atoms with Crippen molar-refractivity contribution in [3.8, 4) is 0 Å². The first-order valence-electron chi connectivity index (χ1n) is 6.75. The van der Waals surface area contributed by atoms with Crippen molar-refractivity contribution in [2.24, 2.45) is 35.0 Å². The summed E-state index contributed by atoms with van der Waals surface area (Å²) in [5.74, 6) is 4.96. The minimum absolute atomic E-state index is 0.747. The molecule has 0 aromatic rings. The third-order valence-electron chi connectivity index (χ3n) is 5.89. The zero-order chi connectivity index (χ0) is 10.8. The van der Waals surface area contributed by atoms with Crippen LogP contribution >= 0.6 is 0 Å². The Labute approximate surface area is 94.1 Å². The molecule has 3 rings (SSSR count). The van der Waals surface area contributed by atoms with Crippen LogP contribution in [0.3, 0.4) is 0 Å². The largest absolute Gasteiger partial charge is 0.0847 e. The maximum atomic E-state index is 2.53. The topological polar surface area (TPSA) is 0 Å². The van der Waals surface area contributed by atoms with Crippen LogP contribution in [0.4, 0.5) is 0 Å². The lowest BCUT2D eigenvalue weighted by Crippen LogP contribution is -2.27. The highest BCUT2D eigenvalue weighted by Crippen LogP contribution is 2.77. The molecule has 15 heavy (non-hydrogen) atoms. The van der Waals surface area contributed by atoms with Crippen LogP contribution in [-0.4, -0.2) is 0 Å². The molecule has 2 saturated carbocycles. The molecular formula is C15H24. The summed E-state index contributed by atoms with van der Waals surface area (Å²) in [7, 11) is 0. The Hall–Kier alpha value is -0.260. The Bertz CT molecular complexity index is 312. The van der Waals surface area contributed by atoms with Crippen molar-refractivity contribution in [3.63, 3.8) is 0 Å². The molecule has 3 aliphatic carbocycles. The van der Waals surface area contributed by atoms with Gasteiger partial charge >= 0.3 is 0 Å². The van der Waals surface area contributed by atoms with Gasteiger partial charge in [-0.15, -0.1) is 0 Å². The van der Waals surface area contributed by atoms with Gasteiger partial charge in [0.2, 0.25) is 0 Å². The minimum Gasteiger partial charge on any atom is -0.0847 e. The van der Waals surface area contributed by atoms with Gasteiger partial charge in [0.05, 0.1) is 0 Å². The third-order valence-corrected chi connectivity index (χ3v) is 5.89. The first-order chi connectivity index (χ1) is 7.09. The molecule has 1 spiro atoms. The van der Waals surface area contributed by atoms with Gasteiger partial charge in [-0.05, 0) is 61.2 Å². The average Bonchev–Trinajstić information content (AvgIpc) is 2.75. The number of rotatable bonds is 1. The summed E-state index contributed by atoms with van der Waals surface area (Å²) in [6.07, 6.45) is 6.91. The van der Waals surface area contributed by atoms with Gasteiger partial charge in [-0.3, -0.25) is 0 Å². The number of hydrogen-bond acceptors (Lipinski definition) is 0. The summed E-state index contributed by atoms with van der Waals surface area (Å²) < 4.78 is 0. The maximum Gasteiger partial charge on any atom is -0.0104 e. The Kier molecular flexibility index (Phi) is 1.92. The highest BCUT2D eigenvalue weighted by atomic mass is 14.8. The maximum absolute atomic E-state index is 2.53. The first kappa shape index (κ1) is 9.93. The fourth-order valence-corrected chi connectivity index (χ4v) is 5.05. The predicted octanol–water partition coefficient (Wildman–Crippen LogP) is 4.27. The van der Waals surface area contributed by atoms with E-state index in [9.17, 15) is 0 Å². The second kappa shape index (κ2) is 2.90. The van der Waals surface area contributed by atoms with E-state index < -0.39 is 0 Å². The summed E-state index contributed by atoms with van der Waals surface area (Å²) in [6, 6.07) is 0. The molecule has 0 bridgehead atoms. The molecule has 3 aliphatic rings. The van der Waals surface area contributed by atoms with Gasteiger partial charge in [-0.25, -0.2) is 0 Å². The first-order valence-corrected chi connectivity index (χ1v) is 6.75. The summed E-state index contributed by atoms with van der Waals surface area (Å²) in [5, 5.41) is 0. The van der Waals surface area contributed by atoms with E-state index in [0.717, 1.165) is 35.0 Å². The van der Waals surface area contributed by atoms with Gasteiger partial charge in [-0.2, -0.15) is 0 Å². The van der Waals surface area contributed by atoms with Gasteiger partial charge in [0.15, 0.2) is 0 Å². The van der Waals surface area contributed by atoms with E-state index in [0.29, 0.717) is 0 Å². The smallest absolute Gasteiger partial charge is 0.0104 e. The van der Waals surface area contributed by atoms with Crippen molar-refractivity contribution in [3.05, 3.63) is 11.6 Å². The van der Waals surface area contributed by atoms with Gasteiger partial charge in [0, 0.05) is 0 Å². The molecule has 0 heterocycles. The van der Waals surface area contributed by atoms with Crippen LogP contribution in [0.2, 0.25) is 0 Å². The molecular weight excluding hydrogens is 180 g/mol. The Morgan fingerprint density at radius 1 is 1.33 bits per heavy atom. The SMILES string of the molecule is CC1=CC[C@@]23[C@H]([C@H](C(C)C)CC[C@H]2C)[C@H]13. The van der Waals surface area contributed by atoms with Crippen LogP contribution in [0.15, 0.2) is 11.6 Å². The molecule has 84 valence electrons. The van der Waals surface area contributed by atoms with Crippen LogP contribution in [0.5, 0.6) is 0 Å². The van der Waals surface area contributed by atoms with E-state index in [2.05, 4.69) is 33.8 Å². The Balaban J connectivity index is 1.91. The van der Waals surface area contributed by atoms with E-state index in [1.807, 2.05) is 0 Å². The fraction of sp³-hybridized carbons (Fsp3) is 0.867. The minimum atomic E-state index is 0.747. The van der Waals surface area contributed by atoms with Crippen LogP contribution in [-0.2, 0) is 0 Å². The zero-order valence-corrected chi connectivity index (χ0v) is 10.6. The zero-order valence-electron chi connectivity index (χ0n) is 10.6. The van der Waals surface area contributed by atoms with E-state index in [1.54, 1.807) is 5.57 Å². The Morgan fingerprint density at radius 3 is 2.73 bits per heavy atom. The van der Waals surface area contributed by atoms with Crippen LogP contribution < -0.4 is 0 Å². The van der Waals surface area contributed by atoms with Crippen molar-refractivity contribution >= 4 is 0 Å². The molecule has 0 amide bonds. The second-order valence-electron chi connectivity index (χ2n) is 6.65. The molecule has 0 aliphatic heterocycles. The monoisotopic (exact) mass is 204 g/mol. The lowest BCUT2D eigenvalue weighted by Gasteiger charge is -2.35. The van der Waals surface area contributed by atoms with Crippen molar-refractivity contribution in [1.29, 1.82) is 0 Å². The van der Waals surface area contributed by atoms with Crippen LogP contribution in [0.25, 0.3) is 0 Å². The Morgan fingerprint density at radius 2 is 2.07 bits per heavy atom. The molecule has 0 radical (unpaired) electrons. The van der Waals surface area contributed by atoms with Gasteiger partial charge < -0.3 is 0 Å². The second-order valence-corrected chi connectivity index (χ2v) is 6.65. The number of fused-ring (bicyclic) bond motifs is 1. The molecule has 2 fully saturated rings. The number of allylic oxidation sites excluding steroid dienone is 2. The quantitative estimate of drug-likeness (QED) is 0.559. The normalized spacial score (nSPS) is 52.5. The van der Waals surface area contributed by atoms with E-state index in [-0.39, 0.29) is 0 Å². The average molecular weight is 204 g/mol. The molecule has 0 aromatic carbocycles. The van der Waals surface area contributed by atoms with Crippen molar-refractivity contribution in [2.45, 2.75) is 47.0 Å². The van der Waals surface area contributed by atoms with Crippen molar-refractivity contribution in [2.75, 3.05) is 0 Å². The van der Waals surface area contributed by atoms with Crippen LogP contribution in [0.1, 0.15) is 47.0 Å². The third kappa shape index (κ3) is 1.04. The molecule has 0 nitrogen and oxygen atoms in total. The van der Waals surface area contributed by atoms with E-state index in [1.165, 1.54) is 19.3 Å². The lowest BCUT2D eigenvalue weighted by atomic mass is 9.70. The van der Waals surface area contributed by atoms with Gasteiger partial charge in [0.1, 0.15) is 0 Å². The molecule has 0 saturated heterocycles. The van der Waals surface area contributed by atoms with Crippen LogP contribution in [0, 0.1) is 35.0 Å². The molecule has 0 N–H and O–H groups in total. The van der Waals surface area contributed by atoms with E-state index in [4.69, 9.17) is 0 Å². The predicted molar refractivity (Wildman–Crippen MR) is 64.5 cm³/mol. The summed E-state index contributed by atoms with van der Waals surface area (Å²) in [5.41, 5.74) is 2.47. The molecule has 0 aromatic heterocycles. The standard InChI is InChI=1S/C15H24/c1-9(2)12-6-5-11(4)15-8-7-10(3)13(15)14(12)15/h7,9,11-14H,5-6,8H2,1-4H3/t11-,12+,13+,14-,15-/m1/s1. The van der Waals surface area contributed by atoms with Gasteiger partial charge in [-0.1, -0.05) is 32.4 Å². The molecule has 5 atom stereocenters. The van der Waals surface area contributed by atoms with E-state index >= 15 is 0 Å². The van der Waals surface area contributed by atoms with Crippen molar-refractivity contribution < 1.29 is 0 Å². The summed E-state index contributed by atoms with van der Waals surface area (Å²) >= 11 is 0. The van der Waals surface area contributed by atoms with Crippen molar-refractivity contribution in [1.82, 2.24) is 0 Å². The molecule has 0 unspecified atom stereocenters. The number of hydrogen-bond donors (Lipinski definition) is 0. The molecule has 0 heteroatoms. The summed E-state index contributed by atoms with van der Waals surface area (Å²) in [6.45, 7) is 9.75. The highest BCUT2D eigenvalue weighted by molar-refractivity contribution is 5.35.